The lowest BCUT2D eigenvalue weighted by Gasteiger charge is -2.30. The minimum Gasteiger partial charge on any atom is -0.486 e. The number of amides is 1. The van der Waals surface area contributed by atoms with Gasteiger partial charge in [0, 0.05) is 5.39 Å². The van der Waals surface area contributed by atoms with Crippen LogP contribution in [0.1, 0.15) is 19.4 Å². The number of anilines is 1. The van der Waals surface area contributed by atoms with E-state index in [9.17, 15) is 13.2 Å². The topological polar surface area (TPSA) is 84.9 Å². The number of sulfonamides is 1. The van der Waals surface area contributed by atoms with Crippen molar-refractivity contribution in [2.24, 2.45) is 0 Å². The minimum absolute atomic E-state index is 0.236. The molecule has 3 aromatic rings. The molecule has 1 N–H and O–H groups in total. The lowest BCUT2D eigenvalue weighted by molar-refractivity contribution is -0.121. The van der Waals surface area contributed by atoms with Crippen molar-refractivity contribution in [3.63, 3.8) is 0 Å². The van der Waals surface area contributed by atoms with Gasteiger partial charge in [-0.3, -0.25) is 9.10 Å². The summed E-state index contributed by atoms with van der Waals surface area (Å²) >= 11 is 0. The smallest absolute Gasteiger partial charge is 0.265 e. The number of nitrogens with one attached hydrogen (secondary N) is 1. The number of hydrogen-bond acceptors (Lipinski definition) is 5. The van der Waals surface area contributed by atoms with Gasteiger partial charge in [-0.15, -0.1) is 0 Å². The fourth-order valence-electron chi connectivity index (χ4n) is 4.15. The molecule has 1 amide bonds. The van der Waals surface area contributed by atoms with E-state index in [2.05, 4.69) is 5.32 Å². The van der Waals surface area contributed by atoms with Crippen LogP contribution in [0.3, 0.4) is 0 Å². The highest BCUT2D eigenvalue weighted by molar-refractivity contribution is 7.93. The molecule has 7 nitrogen and oxygen atoms in total. The molecule has 0 bridgehead atoms. The maximum Gasteiger partial charge on any atom is 0.265 e. The average molecular weight is 439 g/mol. The van der Waals surface area contributed by atoms with E-state index in [1.165, 1.54) is 4.31 Å². The molecule has 0 aromatic heterocycles. The van der Waals surface area contributed by atoms with Crippen molar-refractivity contribution >= 4 is 32.4 Å². The first-order valence-corrected chi connectivity index (χ1v) is 11.5. The Morgan fingerprint density at radius 2 is 1.74 bits per heavy atom. The molecule has 0 spiro atoms. The van der Waals surface area contributed by atoms with Crippen molar-refractivity contribution in [3.05, 3.63) is 60.2 Å². The summed E-state index contributed by atoms with van der Waals surface area (Å²) in [6, 6.07) is 16.1. The molecule has 2 heterocycles. The standard InChI is InChI=1S/C23H22N2O5S/c1-23(2,16-9-10-18-19(13-16)30-12-11-29-18)24-21(26)14-25-17-7-3-5-15-6-4-8-20(22(15)17)31(25,27)28/h3-10,13H,11-12,14H2,1-2H3,(H,24,26). The van der Waals surface area contributed by atoms with Gasteiger partial charge in [-0.05, 0) is 49.1 Å². The fraction of sp³-hybridized carbons (Fsp3) is 0.261. The molecule has 8 heteroatoms. The predicted octanol–water partition coefficient (Wildman–Crippen LogP) is 3.17. The molecule has 0 radical (unpaired) electrons. The zero-order valence-corrected chi connectivity index (χ0v) is 18.0. The maximum absolute atomic E-state index is 13.1. The molecule has 160 valence electrons. The zero-order valence-electron chi connectivity index (χ0n) is 17.2. The molecule has 0 aliphatic carbocycles. The number of nitrogens with zero attached hydrogens (tertiary/aromatic N) is 1. The van der Waals surface area contributed by atoms with Gasteiger partial charge in [0.15, 0.2) is 11.5 Å². The van der Waals surface area contributed by atoms with E-state index in [1.807, 2.05) is 44.2 Å². The predicted molar refractivity (Wildman–Crippen MR) is 117 cm³/mol. The first-order chi connectivity index (χ1) is 14.8. The number of rotatable bonds is 4. The van der Waals surface area contributed by atoms with Crippen molar-refractivity contribution < 1.29 is 22.7 Å². The van der Waals surface area contributed by atoms with E-state index >= 15 is 0 Å². The summed E-state index contributed by atoms with van der Waals surface area (Å²) in [6.45, 7) is 4.41. The highest BCUT2D eigenvalue weighted by atomic mass is 32.2. The number of benzene rings is 3. The van der Waals surface area contributed by atoms with Crippen LogP contribution < -0.4 is 19.1 Å². The van der Waals surface area contributed by atoms with Gasteiger partial charge >= 0.3 is 0 Å². The largest absolute Gasteiger partial charge is 0.486 e. The van der Waals surface area contributed by atoms with Crippen LogP contribution in [0.2, 0.25) is 0 Å². The summed E-state index contributed by atoms with van der Waals surface area (Å²) in [6.07, 6.45) is 0. The van der Waals surface area contributed by atoms with Crippen LogP contribution in [-0.4, -0.2) is 34.1 Å². The molecular formula is C23H22N2O5S. The van der Waals surface area contributed by atoms with Gasteiger partial charge in [0.2, 0.25) is 5.91 Å². The summed E-state index contributed by atoms with van der Waals surface area (Å²) in [5, 5.41) is 4.45. The molecule has 0 fully saturated rings. The molecular weight excluding hydrogens is 416 g/mol. The van der Waals surface area contributed by atoms with Gasteiger partial charge in [-0.25, -0.2) is 8.42 Å². The third kappa shape index (κ3) is 3.18. The molecule has 5 rings (SSSR count). The summed E-state index contributed by atoms with van der Waals surface area (Å²) < 4.78 is 38.6. The Labute approximate surface area is 180 Å². The number of hydrogen-bond donors (Lipinski definition) is 1. The highest BCUT2D eigenvalue weighted by Gasteiger charge is 2.37. The van der Waals surface area contributed by atoms with Crippen LogP contribution in [-0.2, 0) is 20.4 Å². The van der Waals surface area contributed by atoms with Crippen molar-refractivity contribution in [2.45, 2.75) is 24.3 Å². The van der Waals surface area contributed by atoms with E-state index in [1.54, 1.807) is 24.3 Å². The summed E-state index contributed by atoms with van der Waals surface area (Å²) in [7, 11) is -3.79. The van der Waals surface area contributed by atoms with Crippen molar-refractivity contribution in [1.29, 1.82) is 0 Å². The number of carbonyl (C=O) groups excluding carboxylic acids is 1. The van der Waals surface area contributed by atoms with E-state index < -0.39 is 21.5 Å². The van der Waals surface area contributed by atoms with Crippen LogP contribution in [0.25, 0.3) is 10.8 Å². The van der Waals surface area contributed by atoms with Crippen LogP contribution in [0.5, 0.6) is 11.5 Å². The second-order valence-corrected chi connectivity index (χ2v) is 10.0. The van der Waals surface area contributed by atoms with Crippen LogP contribution >= 0.6 is 0 Å². The Morgan fingerprint density at radius 1 is 1.03 bits per heavy atom. The third-order valence-corrected chi connectivity index (χ3v) is 7.49. The van der Waals surface area contributed by atoms with Crippen LogP contribution in [0.15, 0.2) is 59.5 Å². The average Bonchev–Trinajstić information content (AvgIpc) is 2.96. The first kappa shape index (κ1) is 19.7. The van der Waals surface area contributed by atoms with E-state index in [0.29, 0.717) is 35.8 Å². The quantitative estimate of drug-likeness (QED) is 0.676. The van der Waals surface area contributed by atoms with Crippen molar-refractivity contribution in [2.75, 3.05) is 24.1 Å². The minimum atomic E-state index is -3.79. The lowest BCUT2D eigenvalue weighted by Crippen LogP contribution is -2.46. The molecule has 0 saturated heterocycles. The monoisotopic (exact) mass is 438 g/mol. The fourth-order valence-corrected chi connectivity index (χ4v) is 5.82. The molecule has 2 aliphatic rings. The van der Waals surface area contributed by atoms with E-state index in [-0.39, 0.29) is 11.4 Å². The van der Waals surface area contributed by atoms with Gasteiger partial charge < -0.3 is 14.8 Å². The van der Waals surface area contributed by atoms with Gasteiger partial charge in [0.25, 0.3) is 10.0 Å². The Kier molecular flexibility index (Phi) is 4.37. The lowest BCUT2D eigenvalue weighted by atomic mass is 9.93. The first-order valence-electron chi connectivity index (χ1n) is 10.0. The normalized spacial score (nSPS) is 16.4. The Hall–Kier alpha value is -3.26. The Balaban J connectivity index is 1.40. The van der Waals surface area contributed by atoms with Gasteiger partial charge in [-0.1, -0.05) is 30.3 Å². The van der Waals surface area contributed by atoms with Crippen LogP contribution in [0.4, 0.5) is 5.69 Å². The van der Waals surface area contributed by atoms with E-state index in [0.717, 1.165) is 10.9 Å². The van der Waals surface area contributed by atoms with Gasteiger partial charge in [-0.2, -0.15) is 0 Å². The molecule has 0 unspecified atom stereocenters. The zero-order chi connectivity index (χ0) is 21.8. The number of fused-ring (bicyclic) bond motifs is 1. The summed E-state index contributed by atoms with van der Waals surface area (Å²) in [4.78, 5) is 13.2. The Morgan fingerprint density at radius 3 is 2.52 bits per heavy atom. The second-order valence-electron chi connectivity index (χ2n) is 8.17. The second kappa shape index (κ2) is 6.88. The van der Waals surface area contributed by atoms with E-state index in [4.69, 9.17) is 9.47 Å². The maximum atomic E-state index is 13.1. The molecule has 31 heavy (non-hydrogen) atoms. The molecule has 3 aromatic carbocycles. The number of ether oxygens (including phenoxy) is 2. The third-order valence-electron chi connectivity index (χ3n) is 5.68. The summed E-state index contributed by atoms with van der Waals surface area (Å²) in [5.74, 6) is 0.912. The van der Waals surface area contributed by atoms with Crippen molar-refractivity contribution in [3.8, 4) is 11.5 Å². The molecule has 0 atom stereocenters. The molecule has 2 aliphatic heterocycles. The SMILES string of the molecule is CC(C)(NC(=O)CN1c2cccc3cccc(c23)S1(=O)=O)c1ccc2c(c1)OCCO2. The van der Waals surface area contributed by atoms with Gasteiger partial charge in [0.05, 0.1) is 16.1 Å². The van der Waals surface area contributed by atoms with Crippen LogP contribution in [0, 0.1) is 0 Å². The van der Waals surface area contributed by atoms with Crippen molar-refractivity contribution in [1.82, 2.24) is 5.32 Å². The molecule has 0 saturated carbocycles. The summed E-state index contributed by atoms with van der Waals surface area (Å²) in [5.41, 5.74) is 0.620. The van der Waals surface area contributed by atoms with Gasteiger partial charge in [0.1, 0.15) is 19.8 Å². The highest BCUT2D eigenvalue weighted by Crippen LogP contribution is 2.42. The Bertz CT molecular complexity index is 1310. The number of carbonyl (C=O) groups is 1.